The van der Waals surface area contributed by atoms with Crippen LogP contribution >= 0.6 is 15.9 Å². The Bertz CT molecular complexity index is 422. The summed E-state index contributed by atoms with van der Waals surface area (Å²) in [5.41, 5.74) is 1.52. The molecule has 0 amide bonds. The van der Waals surface area contributed by atoms with Crippen LogP contribution in [0.25, 0.3) is 0 Å². The van der Waals surface area contributed by atoms with Gasteiger partial charge in [0.1, 0.15) is 0 Å². The molecule has 3 rings (SSSR count). The van der Waals surface area contributed by atoms with E-state index in [1.807, 2.05) is 0 Å². The molecule has 0 heterocycles. The SMILES string of the molecule is CCC1CCCCC1NC1CC(c2ccc(Br)cc2)C1. The van der Waals surface area contributed by atoms with Crippen molar-refractivity contribution < 1.29 is 0 Å². The summed E-state index contributed by atoms with van der Waals surface area (Å²) in [6.07, 6.45) is 9.72. The highest BCUT2D eigenvalue weighted by Gasteiger charge is 2.33. The van der Waals surface area contributed by atoms with Gasteiger partial charge in [0.2, 0.25) is 0 Å². The molecule has 2 unspecified atom stereocenters. The van der Waals surface area contributed by atoms with Gasteiger partial charge in [-0.1, -0.05) is 54.2 Å². The Kier molecular flexibility index (Phi) is 4.83. The highest BCUT2D eigenvalue weighted by Crippen LogP contribution is 2.38. The van der Waals surface area contributed by atoms with Crippen molar-refractivity contribution in [2.24, 2.45) is 5.92 Å². The van der Waals surface area contributed by atoms with E-state index in [4.69, 9.17) is 0 Å². The molecule has 20 heavy (non-hydrogen) atoms. The van der Waals surface area contributed by atoms with Crippen LogP contribution in [-0.4, -0.2) is 12.1 Å². The lowest BCUT2D eigenvalue weighted by Gasteiger charge is -2.42. The maximum absolute atomic E-state index is 3.96. The summed E-state index contributed by atoms with van der Waals surface area (Å²) >= 11 is 3.51. The van der Waals surface area contributed by atoms with E-state index < -0.39 is 0 Å². The minimum atomic E-state index is 0.765. The van der Waals surface area contributed by atoms with E-state index in [1.54, 1.807) is 0 Å². The summed E-state index contributed by atoms with van der Waals surface area (Å²) < 4.78 is 1.18. The monoisotopic (exact) mass is 335 g/mol. The lowest BCUT2D eigenvalue weighted by Crippen LogP contribution is -2.49. The molecule has 2 atom stereocenters. The molecule has 0 spiro atoms. The molecule has 0 aromatic heterocycles. The average Bonchev–Trinajstić information content (AvgIpc) is 2.44. The summed E-state index contributed by atoms with van der Waals surface area (Å²) in [7, 11) is 0. The fourth-order valence-electron chi connectivity index (χ4n) is 3.98. The van der Waals surface area contributed by atoms with Gasteiger partial charge >= 0.3 is 0 Å². The van der Waals surface area contributed by atoms with Gasteiger partial charge in [0.25, 0.3) is 0 Å². The van der Waals surface area contributed by atoms with E-state index in [9.17, 15) is 0 Å². The van der Waals surface area contributed by atoms with E-state index in [0.717, 1.165) is 23.9 Å². The maximum atomic E-state index is 3.96. The van der Waals surface area contributed by atoms with Crippen molar-refractivity contribution in [3.05, 3.63) is 34.3 Å². The van der Waals surface area contributed by atoms with Crippen LogP contribution in [0.4, 0.5) is 0 Å². The second-order valence-electron chi connectivity index (χ2n) is 6.64. The first-order valence-electron chi connectivity index (χ1n) is 8.27. The number of halogens is 1. The Morgan fingerprint density at radius 2 is 1.80 bits per heavy atom. The highest BCUT2D eigenvalue weighted by molar-refractivity contribution is 9.10. The Balaban J connectivity index is 1.49. The predicted molar refractivity (Wildman–Crippen MR) is 89.1 cm³/mol. The summed E-state index contributed by atoms with van der Waals surface area (Å²) in [6, 6.07) is 10.5. The van der Waals surface area contributed by atoms with Crippen molar-refractivity contribution in [1.29, 1.82) is 0 Å². The van der Waals surface area contributed by atoms with Crippen LogP contribution in [0.2, 0.25) is 0 Å². The second-order valence-corrected chi connectivity index (χ2v) is 7.56. The third-order valence-electron chi connectivity index (χ3n) is 5.36. The minimum Gasteiger partial charge on any atom is -0.311 e. The van der Waals surface area contributed by atoms with E-state index in [2.05, 4.69) is 52.4 Å². The Labute approximate surface area is 131 Å². The van der Waals surface area contributed by atoms with Crippen molar-refractivity contribution in [3.8, 4) is 0 Å². The van der Waals surface area contributed by atoms with Gasteiger partial charge in [-0.25, -0.2) is 0 Å². The van der Waals surface area contributed by atoms with Crippen molar-refractivity contribution in [2.75, 3.05) is 0 Å². The molecule has 110 valence electrons. The molecule has 1 N–H and O–H groups in total. The van der Waals surface area contributed by atoms with E-state index in [-0.39, 0.29) is 0 Å². The van der Waals surface area contributed by atoms with Gasteiger partial charge in [-0.15, -0.1) is 0 Å². The molecule has 0 bridgehead atoms. The van der Waals surface area contributed by atoms with E-state index in [0.29, 0.717) is 0 Å². The average molecular weight is 336 g/mol. The number of benzene rings is 1. The van der Waals surface area contributed by atoms with Crippen LogP contribution in [-0.2, 0) is 0 Å². The molecular formula is C18H26BrN. The largest absolute Gasteiger partial charge is 0.311 e. The third kappa shape index (κ3) is 3.28. The third-order valence-corrected chi connectivity index (χ3v) is 5.89. The molecule has 1 aromatic carbocycles. The van der Waals surface area contributed by atoms with Crippen LogP contribution in [0.5, 0.6) is 0 Å². The lowest BCUT2D eigenvalue weighted by molar-refractivity contribution is 0.189. The van der Waals surface area contributed by atoms with E-state index >= 15 is 0 Å². The zero-order valence-corrected chi connectivity index (χ0v) is 14.0. The fourth-order valence-corrected chi connectivity index (χ4v) is 4.24. The summed E-state index contributed by atoms with van der Waals surface area (Å²) in [5.74, 6) is 1.71. The molecule has 0 saturated heterocycles. The standard InChI is InChI=1S/C18H26BrN/c1-2-13-5-3-4-6-18(13)20-17-11-15(12-17)14-7-9-16(19)10-8-14/h7-10,13,15,17-18,20H,2-6,11-12H2,1H3. The molecule has 2 saturated carbocycles. The van der Waals surface area contributed by atoms with Crippen molar-refractivity contribution in [3.63, 3.8) is 0 Å². The molecule has 0 aliphatic heterocycles. The van der Waals surface area contributed by atoms with Crippen molar-refractivity contribution in [2.45, 2.75) is 69.9 Å². The fraction of sp³-hybridized carbons (Fsp3) is 0.667. The van der Waals surface area contributed by atoms with E-state index in [1.165, 1.54) is 55.0 Å². The van der Waals surface area contributed by atoms with Crippen LogP contribution in [0, 0.1) is 5.92 Å². The predicted octanol–water partition coefficient (Wildman–Crippen LogP) is 5.25. The second kappa shape index (κ2) is 6.62. The first-order valence-corrected chi connectivity index (χ1v) is 9.07. The molecule has 0 radical (unpaired) electrons. The van der Waals surface area contributed by atoms with Gasteiger partial charge in [0.15, 0.2) is 0 Å². The lowest BCUT2D eigenvalue weighted by atomic mass is 9.74. The number of hydrogen-bond acceptors (Lipinski definition) is 1. The van der Waals surface area contributed by atoms with Gasteiger partial charge in [-0.05, 0) is 55.2 Å². The van der Waals surface area contributed by atoms with Crippen molar-refractivity contribution >= 4 is 15.9 Å². The van der Waals surface area contributed by atoms with Gasteiger partial charge in [-0.2, -0.15) is 0 Å². The minimum absolute atomic E-state index is 0.765. The zero-order chi connectivity index (χ0) is 13.9. The van der Waals surface area contributed by atoms with Crippen molar-refractivity contribution in [1.82, 2.24) is 5.32 Å². The molecule has 1 nitrogen and oxygen atoms in total. The van der Waals surface area contributed by atoms with Crippen LogP contribution in [0.1, 0.15) is 63.4 Å². The first-order chi connectivity index (χ1) is 9.76. The highest BCUT2D eigenvalue weighted by atomic mass is 79.9. The van der Waals surface area contributed by atoms with Gasteiger partial charge in [-0.3, -0.25) is 0 Å². The Morgan fingerprint density at radius 1 is 1.10 bits per heavy atom. The molecule has 1 aromatic rings. The van der Waals surface area contributed by atoms with Gasteiger partial charge in [0.05, 0.1) is 0 Å². The normalized spacial score (nSPS) is 33.7. The smallest absolute Gasteiger partial charge is 0.0175 e. The number of rotatable bonds is 4. The topological polar surface area (TPSA) is 12.0 Å². The molecular weight excluding hydrogens is 310 g/mol. The van der Waals surface area contributed by atoms with Crippen LogP contribution in [0.3, 0.4) is 0 Å². The van der Waals surface area contributed by atoms with Crippen LogP contribution < -0.4 is 5.32 Å². The van der Waals surface area contributed by atoms with Gasteiger partial charge in [0, 0.05) is 16.6 Å². The summed E-state index contributed by atoms with van der Waals surface area (Å²) in [5, 5.41) is 3.96. The van der Waals surface area contributed by atoms with Gasteiger partial charge < -0.3 is 5.32 Å². The first kappa shape index (κ1) is 14.6. The number of nitrogens with one attached hydrogen (secondary N) is 1. The summed E-state index contributed by atoms with van der Waals surface area (Å²) in [4.78, 5) is 0. The molecule has 2 heteroatoms. The molecule has 2 fully saturated rings. The van der Waals surface area contributed by atoms with Crippen LogP contribution in [0.15, 0.2) is 28.7 Å². The quantitative estimate of drug-likeness (QED) is 0.791. The Hall–Kier alpha value is -0.340. The molecule has 2 aliphatic carbocycles. The maximum Gasteiger partial charge on any atom is 0.0175 e. The molecule has 2 aliphatic rings. The number of hydrogen-bond donors (Lipinski definition) is 1. The summed E-state index contributed by atoms with van der Waals surface area (Å²) in [6.45, 7) is 2.36. The zero-order valence-electron chi connectivity index (χ0n) is 12.4. The Morgan fingerprint density at radius 3 is 2.50 bits per heavy atom.